The number of thiocarbonyl (C=S) groups is 1. The summed E-state index contributed by atoms with van der Waals surface area (Å²) in [5.74, 6) is 0. The van der Waals surface area contributed by atoms with E-state index in [4.69, 9.17) is 5.73 Å². The maximum atomic E-state index is 11.7. The number of nitrogens with one attached hydrogen (secondary N) is 1. The Balaban J connectivity index is 2.69. The summed E-state index contributed by atoms with van der Waals surface area (Å²) in [4.78, 5) is 22.2. The second-order valence-corrected chi connectivity index (χ2v) is 5.01. The van der Waals surface area contributed by atoms with E-state index in [1.54, 1.807) is 0 Å². The molecule has 0 aliphatic rings. The molecule has 90 valence electrons. The van der Waals surface area contributed by atoms with Gasteiger partial charge in [0.2, 0.25) is 11.5 Å². The van der Waals surface area contributed by atoms with Gasteiger partial charge in [0, 0.05) is 6.42 Å². The molecule has 6 heteroatoms. The van der Waals surface area contributed by atoms with Crippen LogP contribution in [-0.2, 0) is 16.0 Å². The lowest BCUT2D eigenvalue weighted by molar-refractivity contribution is -0.117. The Bertz CT molecular complexity index is 409. The quantitative estimate of drug-likeness (QED) is 0.612. The first-order valence-electron chi connectivity index (χ1n) is 4.88. The molecule has 0 aliphatic carbocycles. The number of thioether (sulfide) groups is 1. The lowest BCUT2D eigenvalue weighted by Gasteiger charge is -2.13. The molecule has 0 spiro atoms. The van der Waals surface area contributed by atoms with Crippen molar-refractivity contribution in [3.8, 4) is 0 Å². The summed E-state index contributed by atoms with van der Waals surface area (Å²) in [5, 5.41) is 2.21. The van der Waals surface area contributed by atoms with E-state index in [9.17, 15) is 9.59 Å². The Morgan fingerprint density at radius 1 is 1.47 bits per heavy atom. The van der Waals surface area contributed by atoms with Gasteiger partial charge >= 0.3 is 0 Å². The first kappa shape index (κ1) is 13.7. The van der Waals surface area contributed by atoms with E-state index in [0.29, 0.717) is 12.8 Å². The molecule has 1 amide bonds. The predicted octanol–water partition coefficient (Wildman–Crippen LogP) is 0.847. The van der Waals surface area contributed by atoms with Crippen LogP contribution in [0.25, 0.3) is 0 Å². The van der Waals surface area contributed by atoms with E-state index in [1.807, 2.05) is 30.3 Å². The van der Waals surface area contributed by atoms with E-state index >= 15 is 0 Å². The summed E-state index contributed by atoms with van der Waals surface area (Å²) in [6.07, 6.45) is 0.930. The summed E-state index contributed by atoms with van der Waals surface area (Å²) in [7, 11) is 0. The molecule has 1 aromatic carbocycles. The molecule has 1 aromatic rings. The fraction of sp³-hybridized carbons (Fsp3) is 0.182. The topological polar surface area (TPSA) is 72.2 Å². The highest BCUT2D eigenvalue weighted by atomic mass is 32.2. The molecule has 0 unspecified atom stereocenters. The highest BCUT2D eigenvalue weighted by Crippen LogP contribution is 2.10. The minimum Gasteiger partial charge on any atom is -0.384 e. The molecule has 0 aliphatic heterocycles. The standard InChI is InChI=1S/C11H12N2O2S2/c12-11(16)17-10(15)9(13-7-14)6-8-4-2-1-3-5-8/h1-5,7,9H,6H2,(H2,12,16)(H,13,14)/t9-/m0/s1. The van der Waals surface area contributed by atoms with Gasteiger partial charge in [-0.15, -0.1) is 0 Å². The number of carbonyl (C=O) groups is 2. The Morgan fingerprint density at radius 3 is 2.65 bits per heavy atom. The smallest absolute Gasteiger partial charge is 0.218 e. The van der Waals surface area contributed by atoms with E-state index in [-0.39, 0.29) is 9.44 Å². The third-order valence-electron chi connectivity index (χ3n) is 2.04. The molecule has 0 aromatic heterocycles. The highest BCUT2D eigenvalue weighted by Gasteiger charge is 2.19. The molecule has 1 rings (SSSR count). The van der Waals surface area contributed by atoms with Crippen LogP contribution in [0.2, 0.25) is 0 Å². The van der Waals surface area contributed by atoms with Crippen LogP contribution in [0.1, 0.15) is 5.56 Å². The minimum atomic E-state index is -0.610. The first-order valence-corrected chi connectivity index (χ1v) is 6.10. The molecule has 4 nitrogen and oxygen atoms in total. The molecule has 0 fully saturated rings. The molecular weight excluding hydrogens is 256 g/mol. The average molecular weight is 268 g/mol. The molecule has 0 bridgehead atoms. The van der Waals surface area contributed by atoms with Gasteiger partial charge in [-0.3, -0.25) is 9.59 Å². The van der Waals surface area contributed by atoms with Gasteiger partial charge in [0.25, 0.3) is 0 Å². The number of nitrogens with two attached hydrogens (primary N) is 1. The van der Waals surface area contributed by atoms with Crippen molar-refractivity contribution in [2.75, 3.05) is 0 Å². The van der Waals surface area contributed by atoms with Gasteiger partial charge in [-0.1, -0.05) is 42.5 Å². The number of hydrogen-bond donors (Lipinski definition) is 2. The van der Waals surface area contributed by atoms with Crippen molar-refractivity contribution in [2.45, 2.75) is 12.5 Å². The van der Waals surface area contributed by atoms with Crippen LogP contribution in [-0.4, -0.2) is 21.9 Å². The highest BCUT2D eigenvalue weighted by molar-refractivity contribution is 8.32. The van der Waals surface area contributed by atoms with E-state index in [2.05, 4.69) is 17.5 Å². The number of rotatable bonds is 5. The van der Waals surface area contributed by atoms with Crippen molar-refractivity contribution in [3.63, 3.8) is 0 Å². The van der Waals surface area contributed by atoms with Gasteiger partial charge in [0.1, 0.15) is 10.4 Å². The number of hydrogen-bond acceptors (Lipinski definition) is 4. The zero-order chi connectivity index (χ0) is 12.7. The van der Waals surface area contributed by atoms with Gasteiger partial charge in [-0.05, 0) is 17.3 Å². The normalized spacial score (nSPS) is 11.5. The lowest BCUT2D eigenvalue weighted by Crippen LogP contribution is -2.37. The van der Waals surface area contributed by atoms with Crippen LogP contribution in [0.3, 0.4) is 0 Å². The molecule has 0 saturated heterocycles. The largest absolute Gasteiger partial charge is 0.384 e. The summed E-state index contributed by atoms with van der Waals surface area (Å²) < 4.78 is 0.0563. The predicted molar refractivity (Wildman–Crippen MR) is 72.5 cm³/mol. The van der Waals surface area contributed by atoms with Crippen LogP contribution >= 0.6 is 24.0 Å². The van der Waals surface area contributed by atoms with Gasteiger partial charge in [-0.2, -0.15) is 0 Å². The van der Waals surface area contributed by atoms with Crippen LogP contribution in [0.15, 0.2) is 30.3 Å². The Labute approximate surface area is 109 Å². The van der Waals surface area contributed by atoms with Crippen LogP contribution in [0, 0.1) is 0 Å². The van der Waals surface area contributed by atoms with Crippen LogP contribution in [0.5, 0.6) is 0 Å². The molecule has 1 atom stereocenters. The van der Waals surface area contributed by atoms with Crippen LogP contribution < -0.4 is 11.1 Å². The van der Waals surface area contributed by atoms with Gasteiger partial charge < -0.3 is 11.1 Å². The van der Waals surface area contributed by atoms with Crippen molar-refractivity contribution < 1.29 is 9.59 Å². The second-order valence-electron chi connectivity index (χ2n) is 3.27. The second kappa shape index (κ2) is 7.03. The maximum Gasteiger partial charge on any atom is 0.218 e. The van der Waals surface area contributed by atoms with Crippen molar-refractivity contribution in [1.82, 2.24) is 5.32 Å². The SMILES string of the molecule is NC(=S)SC(=O)[C@H](Cc1ccccc1)NC=O. The van der Waals surface area contributed by atoms with Crippen molar-refractivity contribution in [3.05, 3.63) is 35.9 Å². The molecule has 3 N–H and O–H groups in total. The van der Waals surface area contributed by atoms with Crippen molar-refractivity contribution >= 4 is 39.8 Å². The number of benzene rings is 1. The zero-order valence-electron chi connectivity index (χ0n) is 8.96. The fourth-order valence-electron chi connectivity index (χ4n) is 1.31. The monoisotopic (exact) mass is 268 g/mol. The van der Waals surface area contributed by atoms with Gasteiger partial charge in [0.05, 0.1) is 0 Å². The van der Waals surface area contributed by atoms with Crippen molar-refractivity contribution in [1.29, 1.82) is 0 Å². The van der Waals surface area contributed by atoms with Gasteiger partial charge in [-0.25, -0.2) is 0 Å². The summed E-state index contributed by atoms with van der Waals surface area (Å²) in [5.41, 5.74) is 6.24. The summed E-state index contributed by atoms with van der Waals surface area (Å²) in [6.45, 7) is 0. The van der Waals surface area contributed by atoms with E-state index in [1.165, 1.54) is 0 Å². The summed E-state index contributed by atoms with van der Waals surface area (Å²) in [6, 6.07) is 8.80. The van der Waals surface area contributed by atoms with Crippen molar-refractivity contribution in [2.24, 2.45) is 5.73 Å². The molecule has 0 saturated carbocycles. The average Bonchev–Trinajstić information content (AvgIpc) is 2.29. The van der Waals surface area contributed by atoms with Gasteiger partial charge in [0.15, 0.2) is 0 Å². The lowest BCUT2D eigenvalue weighted by atomic mass is 10.1. The zero-order valence-corrected chi connectivity index (χ0v) is 10.6. The molecule has 0 heterocycles. The molecule has 0 radical (unpaired) electrons. The fourth-order valence-corrected chi connectivity index (χ4v) is 2.05. The van der Waals surface area contributed by atoms with E-state index < -0.39 is 6.04 Å². The Kier molecular flexibility index (Phi) is 5.65. The Hall–Kier alpha value is -1.40. The third kappa shape index (κ3) is 4.97. The van der Waals surface area contributed by atoms with Crippen LogP contribution in [0.4, 0.5) is 0 Å². The minimum absolute atomic E-state index is 0.0563. The number of carbonyl (C=O) groups excluding carboxylic acids is 2. The summed E-state index contributed by atoms with van der Waals surface area (Å²) >= 11 is 5.41. The molecular formula is C11H12N2O2S2. The first-order chi connectivity index (χ1) is 8.13. The van der Waals surface area contributed by atoms with E-state index in [0.717, 1.165) is 17.3 Å². The number of amides is 1. The Morgan fingerprint density at radius 2 is 2.12 bits per heavy atom. The molecule has 17 heavy (non-hydrogen) atoms. The maximum absolute atomic E-state index is 11.7. The third-order valence-corrected chi connectivity index (χ3v) is 2.97.